The number of fused-ring (bicyclic) bond motifs is 1. The fourth-order valence-electron chi connectivity index (χ4n) is 2.41. The van der Waals surface area contributed by atoms with Crippen LogP contribution in [0.15, 0.2) is 51.4 Å². The van der Waals surface area contributed by atoms with E-state index in [2.05, 4.69) is 10.1 Å². The number of hydrogen-bond acceptors (Lipinski definition) is 6. The van der Waals surface area contributed by atoms with Crippen LogP contribution in [-0.4, -0.2) is 20.4 Å². The SMILES string of the molecule is OC(O)c1ccc(-c2noc(-c3cc4c(Cl)ccc(Cl)c4o3)n2)cc1. The van der Waals surface area contributed by atoms with Crippen molar-refractivity contribution in [1.29, 1.82) is 0 Å². The van der Waals surface area contributed by atoms with Gasteiger partial charge in [0.2, 0.25) is 5.82 Å². The first kappa shape index (κ1) is 16.1. The summed E-state index contributed by atoms with van der Waals surface area (Å²) in [5.41, 5.74) is 1.48. The van der Waals surface area contributed by atoms with Crippen LogP contribution in [0.1, 0.15) is 11.9 Å². The lowest BCUT2D eigenvalue weighted by Crippen LogP contribution is -1.94. The molecule has 0 aliphatic carbocycles. The van der Waals surface area contributed by atoms with E-state index < -0.39 is 6.29 Å². The third-order valence-corrected chi connectivity index (χ3v) is 4.31. The molecule has 0 bridgehead atoms. The Bertz CT molecular complexity index is 1020. The Balaban J connectivity index is 1.72. The number of halogens is 2. The summed E-state index contributed by atoms with van der Waals surface area (Å²) in [6, 6.07) is 11.5. The van der Waals surface area contributed by atoms with Crippen molar-refractivity contribution < 1.29 is 19.2 Å². The number of aromatic nitrogens is 2. The van der Waals surface area contributed by atoms with E-state index in [-0.39, 0.29) is 5.89 Å². The van der Waals surface area contributed by atoms with Gasteiger partial charge in [-0.05, 0) is 18.2 Å². The van der Waals surface area contributed by atoms with Gasteiger partial charge in [-0.1, -0.05) is 52.6 Å². The standard InChI is InChI=1S/C17H10Cl2N2O4/c18-11-5-6-12(19)14-10(11)7-13(24-14)16-20-15(21-25-16)8-1-3-9(4-2-8)17(22)23/h1-7,17,22-23H. The molecule has 4 aromatic rings. The van der Waals surface area contributed by atoms with Gasteiger partial charge in [0.1, 0.15) is 0 Å². The van der Waals surface area contributed by atoms with Crippen LogP contribution in [0.3, 0.4) is 0 Å². The van der Waals surface area contributed by atoms with Gasteiger partial charge in [-0.25, -0.2) is 0 Å². The number of benzene rings is 2. The lowest BCUT2D eigenvalue weighted by molar-refractivity contribution is -0.0424. The maximum absolute atomic E-state index is 9.12. The summed E-state index contributed by atoms with van der Waals surface area (Å²) in [5, 5.41) is 23.8. The maximum Gasteiger partial charge on any atom is 0.293 e. The van der Waals surface area contributed by atoms with Gasteiger partial charge < -0.3 is 19.2 Å². The second-order valence-electron chi connectivity index (χ2n) is 5.30. The van der Waals surface area contributed by atoms with E-state index in [1.54, 1.807) is 42.5 Å². The number of furan rings is 1. The smallest absolute Gasteiger partial charge is 0.293 e. The predicted molar refractivity (Wildman–Crippen MR) is 92.1 cm³/mol. The van der Waals surface area contributed by atoms with Gasteiger partial charge in [-0.3, -0.25) is 0 Å². The first-order valence-electron chi connectivity index (χ1n) is 7.21. The largest absolute Gasteiger partial charge is 0.449 e. The van der Waals surface area contributed by atoms with E-state index in [9.17, 15) is 0 Å². The van der Waals surface area contributed by atoms with Crippen LogP contribution in [0.4, 0.5) is 0 Å². The normalized spacial score (nSPS) is 11.6. The lowest BCUT2D eigenvalue weighted by atomic mass is 10.1. The van der Waals surface area contributed by atoms with Crippen LogP contribution in [0.25, 0.3) is 34.0 Å². The summed E-state index contributed by atoms with van der Waals surface area (Å²) < 4.78 is 10.9. The van der Waals surface area contributed by atoms with E-state index >= 15 is 0 Å². The third kappa shape index (κ3) is 2.89. The van der Waals surface area contributed by atoms with Crippen molar-refractivity contribution in [3.8, 4) is 23.0 Å². The van der Waals surface area contributed by atoms with Crippen LogP contribution in [0.5, 0.6) is 0 Å². The van der Waals surface area contributed by atoms with Gasteiger partial charge in [0.25, 0.3) is 5.89 Å². The molecule has 2 heterocycles. The minimum Gasteiger partial charge on any atom is -0.449 e. The Morgan fingerprint density at radius 2 is 1.68 bits per heavy atom. The second-order valence-corrected chi connectivity index (χ2v) is 6.12. The van der Waals surface area contributed by atoms with Crippen LogP contribution >= 0.6 is 23.2 Å². The molecular weight excluding hydrogens is 367 g/mol. The van der Waals surface area contributed by atoms with Gasteiger partial charge in [0, 0.05) is 16.5 Å². The van der Waals surface area contributed by atoms with E-state index in [0.29, 0.717) is 43.7 Å². The summed E-state index contributed by atoms with van der Waals surface area (Å²) in [4.78, 5) is 4.30. The summed E-state index contributed by atoms with van der Waals surface area (Å²) in [6.07, 6.45) is -1.53. The Morgan fingerprint density at radius 3 is 2.36 bits per heavy atom. The van der Waals surface area contributed by atoms with Gasteiger partial charge in [-0.15, -0.1) is 0 Å². The molecule has 6 nitrogen and oxygen atoms in total. The summed E-state index contributed by atoms with van der Waals surface area (Å²) in [5.74, 6) is 0.877. The predicted octanol–water partition coefficient (Wildman–Crippen LogP) is 4.44. The molecule has 2 aromatic heterocycles. The van der Waals surface area contributed by atoms with Crippen LogP contribution < -0.4 is 0 Å². The van der Waals surface area contributed by atoms with Crippen molar-refractivity contribution >= 4 is 34.2 Å². The van der Waals surface area contributed by atoms with Gasteiger partial charge in [0.15, 0.2) is 17.6 Å². The monoisotopic (exact) mass is 376 g/mol. The highest BCUT2D eigenvalue weighted by Crippen LogP contribution is 2.36. The molecule has 0 unspecified atom stereocenters. The maximum atomic E-state index is 9.12. The van der Waals surface area contributed by atoms with E-state index in [0.717, 1.165) is 0 Å². The number of hydrogen-bond donors (Lipinski definition) is 2. The Labute approximate surface area is 151 Å². The fraction of sp³-hybridized carbons (Fsp3) is 0.0588. The Hall–Kier alpha value is -2.38. The molecule has 2 N–H and O–H groups in total. The zero-order chi connectivity index (χ0) is 17.6. The quantitative estimate of drug-likeness (QED) is 0.513. The van der Waals surface area contributed by atoms with E-state index in [1.807, 2.05) is 0 Å². The molecule has 0 radical (unpaired) electrons. The van der Waals surface area contributed by atoms with E-state index in [4.69, 9.17) is 42.4 Å². The first-order valence-corrected chi connectivity index (χ1v) is 7.96. The summed E-state index contributed by atoms with van der Waals surface area (Å²) in [7, 11) is 0. The van der Waals surface area contributed by atoms with Gasteiger partial charge >= 0.3 is 0 Å². The highest BCUT2D eigenvalue weighted by molar-refractivity contribution is 6.39. The van der Waals surface area contributed by atoms with Crippen LogP contribution in [0.2, 0.25) is 10.0 Å². The zero-order valence-corrected chi connectivity index (χ0v) is 14.0. The molecule has 0 saturated carbocycles. The Kier molecular flexibility index (Phi) is 3.97. The van der Waals surface area contributed by atoms with Crippen molar-refractivity contribution in [3.63, 3.8) is 0 Å². The molecule has 0 aliphatic heterocycles. The van der Waals surface area contributed by atoms with Crippen LogP contribution in [-0.2, 0) is 0 Å². The van der Waals surface area contributed by atoms with Crippen molar-refractivity contribution in [1.82, 2.24) is 10.1 Å². The lowest BCUT2D eigenvalue weighted by Gasteiger charge is -2.02. The highest BCUT2D eigenvalue weighted by atomic mass is 35.5. The van der Waals surface area contributed by atoms with Crippen LogP contribution in [0, 0.1) is 0 Å². The molecule has 0 aliphatic rings. The van der Waals surface area contributed by atoms with Gasteiger partial charge in [0.05, 0.1) is 10.0 Å². The van der Waals surface area contributed by atoms with Crippen molar-refractivity contribution in [2.45, 2.75) is 6.29 Å². The van der Waals surface area contributed by atoms with E-state index in [1.165, 1.54) is 0 Å². The molecular formula is C17H10Cl2N2O4. The number of rotatable bonds is 3. The second kappa shape index (κ2) is 6.16. The molecule has 25 heavy (non-hydrogen) atoms. The molecule has 0 atom stereocenters. The molecule has 0 saturated heterocycles. The minimum absolute atomic E-state index is 0.185. The molecule has 0 fully saturated rings. The Morgan fingerprint density at radius 1 is 0.960 bits per heavy atom. The van der Waals surface area contributed by atoms with Gasteiger partial charge in [-0.2, -0.15) is 4.98 Å². The molecule has 126 valence electrons. The average molecular weight is 377 g/mol. The van der Waals surface area contributed by atoms with Crippen molar-refractivity contribution in [2.24, 2.45) is 0 Å². The molecule has 8 heteroatoms. The summed E-state index contributed by atoms with van der Waals surface area (Å²) >= 11 is 12.3. The zero-order valence-electron chi connectivity index (χ0n) is 12.5. The number of nitrogens with zero attached hydrogens (tertiary/aromatic N) is 2. The molecule has 2 aromatic carbocycles. The van der Waals surface area contributed by atoms with Crippen molar-refractivity contribution in [3.05, 3.63) is 58.1 Å². The fourth-order valence-corrected chi connectivity index (χ4v) is 2.81. The number of aliphatic hydroxyl groups excluding tert-OH is 1. The minimum atomic E-state index is -1.53. The molecule has 0 spiro atoms. The third-order valence-electron chi connectivity index (χ3n) is 3.69. The highest BCUT2D eigenvalue weighted by Gasteiger charge is 2.17. The first-order chi connectivity index (χ1) is 12.0. The van der Waals surface area contributed by atoms with Crippen molar-refractivity contribution in [2.75, 3.05) is 0 Å². The molecule has 4 rings (SSSR count). The number of aliphatic hydroxyl groups is 2. The summed E-state index contributed by atoms with van der Waals surface area (Å²) in [6.45, 7) is 0. The average Bonchev–Trinajstić information content (AvgIpc) is 3.26. The molecule has 0 amide bonds. The topological polar surface area (TPSA) is 92.5 Å².